The van der Waals surface area contributed by atoms with Crippen LogP contribution in [0, 0.1) is 6.92 Å². The first-order valence-corrected chi connectivity index (χ1v) is 8.27. The van der Waals surface area contributed by atoms with Gasteiger partial charge in [-0.05, 0) is 44.0 Å². The fourth-order valence-corrected chi connectivity index (χ4v) is 2.33. The van der Waals surface area contributed by atoms with E-state index in [1.807, 2.05) is 50.2 Å². The van der Waals surface area contributed by atoms with Gasteiger partial charge in [0.2, 0.25) is 5.91 Å². The van der Waals surface area contributed by atoms with Crippen molar-refractivity contribution < 1.29 is 9.59 Å². The molecule has 2 aromatic carbocycles. The highest BCUT2D eigenvalue weighted by molar-refractivity contribution is 6.06. The number of rotatable bonds is 6. The SMILES string of the molecule is CCc1ccccc1NC(=O)C/C(C)=N/NC(=O)c1ccc(C)cc1. The summed E-state index contributed by atoms with van der Waals surface area (Å²) < 4.78 is 0. The molecule has 25 heavy (non-hydrogen) atoms. The standard InChI is InChI=1S/C20H23N3O2/c1-4-16-7-5-6-8-18(16)21-19(24)13-15(3)22-23-20(25)17-11-9-14(2)10-12-17/h5-12H,4,13H2,1-3H3,(H,21,24)(H,23,25)/b22-15+. The first kappa shape index (κ1) is 18.4. The topological polar surface area (TPSA) is 70.6 Å². The number of carbonyl (C=O) groups excluding carboxylic acids is 2. The average molecular weight is 337 g/mol. The molecule has 5 heteroatoms. The Bertz CT molecular complexity index is 780. The lowest BCUT2D eigenvalue weighted by Gasteiger charge is -2.09. The van der Waals surface area contributed by atoms with Gasteiger partial charge >= 0.3 is 0 Å². The van der Waals surface area contributed by atoms with Gasteiger partial charge < -0.3 is 5.32 Å². The van der Waals surface area contributed by atoms with Crippen molar-refractivity contribution in [3.8, 4) is 0 Å². The van der Waals surface area contributed by atoms with Crippen molar-refractivity contribution in [1.29, 1.82) is 0 Å². The van der Waals surface area contributed by atoms with Gasteiger partial charge in [-0.1, -0.05) is 42.8 Å². The fourth-order valence-electron chi connectivity index (χ4n) is 2.33. The zero-order valence-corrected chi connectivity index (χ0v) is 14.8. The van der Waals surface area contributed by atoms with E-state index in [2.05, 4.69) is 15.8 Å². The van der Waals surface area contributed by atoms with Gasteiger partial charge in [0.05, 0.1) is 6.42 Å². The Hall–Kier alpha value is -2.95. The Morgan fingerprint density at radius 3 is 2.40 bits per heavy atom. The lowest BCUT2D eigenvalue weighted by atomic mass is 10.1. The minimum atomic E-state index is -0.295. The van der Waals surface area contributed by atoms with E-state index >= 15 is 0 Å². The molecule has 0 saturated carbocycles. The third-order valence-electron chi connectivity index (χ3n) is 3.75. The van der Waals surface area contributed by atoms with E-state index in [0.29, 0.717) is 11.3 Å². The summed E-state index contributed by atoms with van der Waals surface area (Å²) in [7, 11) is 0. The molecule has 0 spiro atoms. The Morgan fingerprint density at radius 2 is 1.72 bits per heavy atom. The number of benzene rings is 2. The fraction of sp³-hybridized carbons (Fsp3) is 0.250. The highest BCUT2D eigenvalue weighted by Crippen LogP contribution is 2.15. The number of para-hydroxylation sites is 1. The van der Waals surface area contributed by atoms with Gasteiger partial charge in [0.25, 0.3) is 5.91 Å². The zero-order chi connectivity index (χ0) is 18.2. The van der Waals surface area contributed by atoms with Crippen LogP contribution in [0.15, 0.2) is 53.6 Å². The molecule has 2 aromatic rings. The quantitative estimate of drug-likeness (QED) is 0.623. The van der Waals surface area contributed by atoms with Crippen LogP contribution in [0.1, 0.15) is 41.8 Å². The van der Waals surface area contributed by atoms with Crippen LogP contribution in [0.3, 0.4) is 0 Å². The maximum absolute atomic E-state index is 12.1. The molecular weight excluding hydrogens is 314 g/mol. The molecule has 0 aliphatic carbocycles. The van der Waals surface area contributed by atoms with Gasteiger partial charge in [0.1, 0.15) is 0 Å². The van der Waals surface area contributed by atoms with Crippen LogP contribution in [0.5, 0.6) is 0 Å². The first-order chi connectivity index (χ1) is 12.0. The highest BCUT2D eigenvalue weighted by Gasteiger charge is 2.08. The van der Waals surface area contributed by atoms with Crippen molar-refractivity contribution in [2.45, 2.75) is 33.6 Å². The molecule has 0 aromatic heterocycles. The summed E-state index contributed by atoms with van der Waals surface area (Å²) in [6.07, 6.45) is 0.961. The molecule has 0 atom stereocenters. The number of hydrogen-bond donors (Lipinski definition) is 2. The Balaban J connectivity index is 1.90. The van der Waals surface area contributed by atoms with E-state index in [1.54, 1.807) is 19.1 Å². The van der Waals surface area contributed by atoms with Crippen LogP contribution >= 0.6 is 0 Å². The van der Waals surface area contributed by atoms with Crippen molar-refractivity contribution in [3.05, 3.63) is 65.2 Å². The van der Waals surface area contributed by atoms with Crippen LogP contribution in [-0.2, 0) is 11.2 Å². The van der Waals surface area contributed by atoms with Gasteiger partial charge in [0, 0.05) is 17.0 Å². The van der Waals surface area contributed by atoms with Gasteiger partial charge in [-0.15, -0.1) is 0 Å². The summed E-state index contributed by atoms with van der Waals surface area (Å²) in [5.41, 5.74) is 6.52. The van der Waals surface area contributed by atoms with Gasteiger partial charge in [0.15, 0.2) is 0 Å². The molecule has 0 unspecified atom stereocenters. The number of nitrogens with zero attached hydrogens (tertiary/aromatic N) is 1. The summed E-state index contributed by atoms with van der Waals surface area (Å²) in [4.78, 5) is 24.1. The Kier molecular flexibility index (Phi) is 6.46. The molecule has 0 bridgehead atoms. The van der Waals surface area contributed by atoms with Crippen LogP contribution in [0.4, 0.5) is 5.69 Å². The number of hydrogen-bond acceptors (Lipinski definition) is 3. The summed E-state index contributed by atoms with van der Waals surface area (Å²) >= 11 is 0. The molecule has 0 saturated heterocycles. The number of hydrazone groups is 1. The lowest BCUT2D eigenvalue weighted by molar-refractivity contribution is -0.115. The average Bonchev–Trinajstić information content (AvgIpc) is 2.60. The maximum Gasteiger partial charge on any atom is 0.271 e. The molecule has 5 nitrogen and oxygen atoms in total. The molecule has 2 rings (SSSR count). The molecule has 2 amide bonds. The normalized spacial score (nSPS) is 11.1. The summed E-state index contributed by atoms with van der Waals surface area (Å²) in [6, 6.07) is 14.9. The molecule has 0 aliphatic rings. The van der Waals surface area contributed by atoms with Crippen molar-refractivity contribution in [1.82, 2.24) is 5.43 Å². The molecule has 0 aliphatic heterocycles. The predicted molar refractivity (Wildman–Crippen MR) is 101 cm³/mol. The first-order valence-electron chi connectivity index (χ1n) is 8.27. The minimum Gasteiger partial charge on any atom is -0.326 e. The molecule has 0 radical (unpaired) electrons. The second kappa shape index (κ2) is 8.78. The van der Waals surface area contributed by atoms with Gasteiger partial charge in [-0.2, -0.15) is 5.10 Å². The zero-order valence-electron chi connectivity index (χ0n) is 14.8. The van der Waals surface area contributed by atoms with Crippen molar-refractivity contribution in [2.75, 3.05) is 5.32 Å². The molecule has 2 N–H and O–H groups in total. The third kappa shape index (κ3) is 5.57. The number of nitrogens with one attached hydrogen (secondary N) is 2. The summed E-state index contributed by atoms with van der Waals surface area (Å²) in [5, 5.41) is 6.89. The maximum atomic E-state index is 12.1. The Labute approximate surface area is 148 Å². The highest BCUT2D eigenvalue weighted by atomic mass is 16.2. The predicted octanol–water partition coefficient (Wildman–Crippen LogP) is 3.69. The number of amides is 2. The third-order valence-corrected chi connectivity index (χ3v) is 3.75. The molecule has 0 heterocycles. The van der Waals surface area contributed by atoms with E-state index in [-0.39, 0.29) is 18.2 Å². The van der Waals surface area contributed by atoms with E-state index in [0.717, 1.165) is 23.2 Å². The molecule has 0 fully saturated rings. The number of anilines is 1. The second-order valence-corrected chi connectivity index (χ2v) is 5.89. The van der Waals surface area contributed by atoms with Crippen molar-refractivity contribution in [2.24, 2.45) is 5.10 Å². The summed E-state index contributed by atoms with van der Waals surface area (Å²) in [5.74, 6) is -0.456. The number of carbonyl (C=O) groups is 2. The van der Waals surface area contributed by atoms with Crippen LogP contribution < -0.4 is 10.7 Å². The second-order valence-electron chi connectivity index (χ2n) is 5.89. The van der Waals surface area contributed by atoms with Crippen LogP contribution in [-0.4, -0.2) is 17.5 Å². The van der Waals surface area contributed by atoms with E-state index in [9.17, 15) is 9.59 Å². The minimum absolute atomic E-state index is 0.117. The van der Waals surface area contributed by atoms with Crippen molar-refractivity contribution in [3.63, 3.8) is 0 Å². The van der Waals surface area contributed by atoms with E-state index in [4.69, 9.17) is 0 Å². The Morgan fingerprint density at radius 1 is 1.04 bits per heavy atom. The van der Waals surface area contributed by atoms with Crippen LogP contribution in [0.2, 0.25) is 0 Å². The van der Waals surface area contributed by atoms with Crippen molar-refractivity contribution >= 4 is 23.2 Å². The van der Waals surface area contributed by atoms with E-state index in [1.165, 1.54) is 0 Å². The number of aryl methyl sites for hydroxylation is 2. The lowest BCUT2D eigenvalue weighted by Crippen LogP contribution is -2.21. The largest absolute Gasteiger partial charge is 0.326 e. The monoisotopic (exact) mass is 337 g/mol. The van der Waals surface area contributed by atoms with Gasteiger partial charge in [-0.25, -0.2) is 5.43 Å². The van der Waals surface area contributed by atoms with Gasteiger partial charge in [-0.3, -0.25) is 9.59 Å². The van der Waals surface area contributed by atoms with Crippen LogP contribution in [0.25, 0.3) is 0 Å². The smallest absolute Gasteiger partial charge is 0.271 e. The summed E-state index contributed by atoms with van der Waals surface area (Å²) in [6.45, 7) is 5.71. The van der Waals surface area contributed by atoms with E-state index < -0.39 is 0 Å². The molecule has 130 valence electrons. The molecular formula is C20H23N3O2.